The van der Waals surface area contributed by atoms with Gasteiger partial charge in [0.25, 0.3) is 0 Å². The molecule has 62 heavy (non-hydrogen) atoms. The van der Waals surface area contributed by atoms with E-state index in [0.717, 1.165) is 38.2 Å². The van der Waals surface area contributed by atoms with Crippen LogP contribution in [0.1, 0.15) is 51.9 Å². The first-order chi connectivity index (χ1) is 29.1. The van der Waals surface area contributed by atoms with Crippen molar-refractivity contribution in [3.8, 4) is 0 Å². The SMILES string of the molecule is CC(C)CC(NC(=O)CC(O)C(CO)NC(=O)C(Cc1cnc[nH]1)NC(=O)C(Cc1cccc2ccccc12)Cc1cccc2ccccc12)C(=O)NCc1ccccc1.[H-].[H-].[Na+].[Na+]. The summed E-state index contributed by atoms with van der Waals surface area (Å²) in [5, 5.41) is 37.0. The maximum absolute atomic E-state index is 14.6. The van der Waals surface area contributed by atoms with Crippen LogP contribution in [0.15, 0.2) is 128 Å². The van der Waals surface area contributed by atoms with E-state index in [1.54, 1.807) is 6.20 Å². The zero-order valence-corrected chi connectivity index (χ0v) is 40.0. The maximum Gasteiger partial charge on any atom is 1.00 e. The predicted molar refractivity (Wildman–Crippen MR) is 235 cm³/mol. The zero-order valence-electron chi connectivity index (χ0n) is 38.0. The van der Waals surface area contributed by atoms with Gasteiger partial charge >= 0.3 is 59.1 Å². The Balaban J connectivity index is 0.00000352. The molecule has 0 aliphatic heterocycles. The Morgan fingerprint density at radius 1 is 0.677 bits per heavy atom. The fraction of sp³-hybridized carbons (Fsp3) is 0.312. The van der Waals surface area contributed by atoms with Crippen molar-refractivity contribution in [1.82, 2.24) is 31.2 Å². The second-order valence-electron chi connectivity index (χ2n) is 15.7. The van der Waals surface area contributed by atoms with Crippen molar-refractivity contribution >= 4 is 45.2 Å². The summed E-state index contributed by atoms with van der Waals surface area (Å²) in [7, 11) is 0. The number of imidazole rings is 1. The molecule has 0 saturated heterocycles. The van der Waals surface area contributed by atoms with Crippen LogP contribution in [0.25, 0.3) is 21.5 Å². The quantitative estimate of drug-likeness (QED) is 0.0488. The monoisotopic (exact) mass is 858 g/mol. The molecule has 5 aromatic carbocycles. The molecule has 0 radical (unpaired) electrons. The Kier molecular flexibility index (Phi) is 20.3. The molecule has 0 saturated carbocycles. The van der Waals surface area contributed by atoms with Crippen LogP contribution in [0, 0.1) is 11.8 Å². The number of aliphatic hydroxyl groups is 2. The first-order valence-corrected chi connectivity index (χ1v) is 20.5. The van der Waals surface area contributed by atoms with Crippen LogP contribution in [0.4, 0.5) is 0 Å². The van der Waals surface area contributed by atoms with Gasteiger partial charge in [-0.25, -0.2) is 4.98 Å². The summed E-state index contributed by atoms with van der Waals surface area (Å²) in [5.74, 6) is -2.51. The average Bonchev–Trinajstić information content (AvgIpc) is 3.77. The van der Waals surface area contributed by atoms with Crippen LogP contribution in [-0.4, -0.2) is 74.6 Å². The number of aromatic nitrogens is 2. The molecular weight excluding hydrogens is 803 g/mol. The first-order valence-electron chi connectivity index (χ1n) is 20.5. The molecule has 316 valence electrons. The maximum atomic E-state index is 14.6. The molecular formula is C48H56N6Na2O6. The number of carbonyl (C=O) groups is 4. The zero-order chi connectivity index (χ0) is 42.4. The second kappa shape index (κ2) is 25.1. The van der Waals surface area contributed by atoms with Gasteiger partial charge in [0, 0.05) is 30.8 Å². The van der Waals surface area contributed by atoms with Gasteiger partial charge in [0.1, 0.15) is 12.1 Å². The van der Waals surface area contributed by atoms with Crippen LogP contribution >= 0.6 is 0 Å². The van der Waals surface area contributed by atoms with Gasteiger partial charge in [-0.1, -0.05) is 129 Å². The van der Waals surface area contributed by atoms with Gasteiger partial charge in [0.05, 0.1) is 31.5 Å². The molecule has 14 heteroatoms. The number of carbonyl (C=O) groups excluding carboxylic acids is 4. The topological polar surface area (TPSA) is 186 Å². The molecule has 0 spiro atoms. The standard InChI is InChI=1S/C48H54N6O6.2Na.2H/c1-31(2)22-41(47(59)50-27-32-12-4-3-5-13-32)52-45(57)26-44(56)43(29-55)54-48(60)42(25-38-28-49-30-51-38)53-46(58)37(23-35-18-10-16-33-14-6-8-20-39(33)35)24-36-19-11-17-34-15-7-9-21-40(34)36;;;;/h3-21,28,30-31,37,41-44,55-56H,22-27,29H2,1-2H3,(H,49,51)(H,50,59)(H,52,57)(H,53,58)(H,54,60);;;;/q;2*+1;2*-1. The van der Waals surface area contributed by atoms with Gasteiger partial charge < -0.3 is 39.3 Å². The molecule has 6 rings (SSSR count). The summed E-state index contributed by atoms with van der Waals surface area (Å²) in [5.41, 5.74) is 3.48. The van der Waals surface area contributed by atoms with E-state index in [0.29, 0.717) is 25.0 Å². The number of H-pyrrole nitrogens is 1. The number of amides is 4. The van der Waals surface area contributed by atoms with Crippen LogP contribution in [0.2, 0.25) is 0 Å². The summed E-state index contributed by atoms with van der Waals surface area (Å²) in [6, 6.07) is 34.2. The molecule has 4 unspecified atom stereocenters. The van der Waals surface area contributed by atoms with E-state index in [1.807, 2.05) is 129 Å². The number of aliphatic hydroxyl groups excluding tert-OH is 2. The predicted octanol–water partition coefficient (Wildman–Crippen LogP) is -0.847. The molecule has 4 atom stereocenters. The van der Waals surface area contributed by atoms with Gasteiger partial charge in [-0.15, -0.1) is 0 Å². The summed E-state index contributed by atoms with van der Waals surface area (Å²) >= 11 is 0. The van der Waals surface area contributed by atoms with E-state index in [9.17, 15) is 29.4 Å². The number of hydrogen-bond acceptors (Lipinski definition) is 7. The normalized spacial score (nSPS) is 13.0. The van der Waals surface area contributed by atoms with Crippen molar-refractivity contribution in [2.45, 2.75) is 76.7 Å². The fourth-order valence-corrected chi connectivity index (χ4v) is 7.59. The number of nitrogens with zero attached hydrogens (tertiary/aromatic N) is 1. The van der Waals surface area contributed by atoms with E-state index >= 15 is 0 Å². The van der Waals surface area contributed by atoms with Crippen LogP contribution in [0.3, 0.4) is 0 Å². The summed E-state index contributed by atoms with van der Waals surface area (Å²) in [4.78, 5) is 62.1. The minimum absolute atomic E-state index is 0. The number of benzene rings is 5. The van der Waals surface area contributed by atoms with Crippen molar-refractivity contribution in [2.75, 3.05) is 6.61 Å². The molecule has 0 fully saturated rings. The molecule has 0 bridgehead atoms. The van der Waals surface area contributed by atoms with E-state index in [-0.39, 0.29) is 92.7 Å². The summed E-state index contributed by atoms with van der Waals surface area (Å²) in [6.45, 7) is 3.46. The smallest absolute Gasteiger partial charge is 1.00 e. The van der Waals surface area contributed by atoms with Gasteiger partial charge in [0.2, 0.25) is 23.6 Å². The number of fused-ring (bicyclic) bond motifs is 2. The van der Waals surface area contributed by atoms with Crippen molar-refractivity contribution < 1.29 is 91.4 Å². The third-order valence-electron chi connectivity index (χ3n) is 10.7. The second-order valence-corrected chi connectivity index (χ2v) is 15.7. The van der Waals surface area contributed by atoms with E-state index < -0.39 is 55.0 Å². The Morgan fingerprint density at radius 3 is 1.82 bits per heavy atom. The summed E-state index contributed by atoms with van der Waals surface area (Å²) in [6.07, 6.45) is 2.21. The Bertz CT molecular complexity index is 2280. The van der Waals surface area contributed by atoms with Gasteiger partial charge in [0.15, 0.2) is 0 Å². The first kappa shape index (κ1) is 50.3. The Labute approximate surface area is 410 Å². The Hall–Kier alpha value is -4.37. The molecule has 6 aromatic rings. The summed E-state index contributed by atoms with van der Waals surface area (Å²) < 4.78 is 0. The van der Waals surface area contributed by atoms with Gasteiger partial charge in [-0.2, -0.15) is 0 Å². The van der Waals surface area contributed by atoms with Gasteiger partial charge in [-0.3, -0.25) is 19.2 Å². The average molecular weight is 859 g/mol. The van der Waals surface area contributed by atoms with E-state index in [4.69, 9.17) is 0 Å². The van der Waals surface area contributed by atoms with E-state index in [1.165, 1.54) is 6.33 Å². The van der Waals surface area contributed by atoms with Crippen LogP contribution in [-0.2, 0) is 45.0 Å². The third-order valence-corrected chi connectivity index (χ3v) is 10.7. The van der Waals surface area contributed by atoms with Crippen molar-refractivity contribution in [2.24, 2.45) is 11.8 Å². The molecule has 1 aromatic heterocycles. The molecule has 1 heterocycles. The van der Waals surface area contributed by atoms with Gasteiger partial charge in [-0.05, 0) is 63.4 Å². The minimum atomic E-state index is -1.51. The van der Waals surface area contributed by atoms with Crippen molar-refractivity contribution in [1.29, 1.82) is 0 Å². The largest absolute Gasteiger partial charge is 1.00 e. The van der Waals surface area contributed by atoms with Crippen LogP contribution in [0.5, 0.6) is 0 Å². The number of rotatable bonds is 20. The van der Waals surface area contributed by atoms with Crippen molar-refractivity contribution in [3.05, 3.63) is 150 Å². The van der Waals surface area contributed by atoms with Crippen LogP contribution < -0.4 is 80.4 Å². The number of hydrogen-bond donors (Lipinski definition) is 7. The molecule has 12 nitrogen and oxygen atoms in total. The minimum Gasteiger partial charge on any atom is -1.00 e. The van der Waals surface area contributed by atoms with E-state index in [2.05, 4.69) is 31.2 Å². The number of aromatic amines is 1. The number of nitrogens with one attached hydrogen (secondary N) is 5. The molecule has 4 amide bonds. The third kappa shape index (κ3) is 14.3. The molecule has 7 N–H and O–H groups in total. The van der Waals surface area contributed by atoms with Crippen molar-refractivity contribution in [3.63, 3.8) is 0 Å². The fourth-order valence-electron chi connectivity index (χ4n) is 7.59. The molecule has 0 aliphatic carbocycles. The molecule has 0 aliphatic rings. The Morgan fingerprint density at radius 2 is 1.26 bits per heavy atom.